The minimum atomic E-state index is -0.0598. The first-order chi connectivity index (χ1) is 12.7. The third-order valence-electron chi connectivity index (χ3n) is 4.65. The van der Waals surface area contributed by atoms with Crippen LogP contribution in [0.4, 0.5) is 0 Å². The lowest BCUT2D eigenvalue weighted by atomic mass is 10.2. The van der Waals surface area contributed by atoms with Gasteiger partial charge in [-0.25, -0.2) is 4.68 Å². The summed E-state index contributed by atoms with van der Waals surface area (Å²) >= 11 is 6.08. The second-order valence-corrected chi connectivity index (χ2v) is 6.89. The molecule has 6 nitrogen and oxygen atoms in total. The van der Waals surface area contributed by atoms with Gasteiger partial charge in [-0.3, -0.25) is 4.79 Å². The summed E-state index contributed by atoms with van der Waals surface area (Å²) in [5.41, 5.74) is 2.40. The van der Waals surface area contributed by atoms with E-state index < -0.39 is 0 Å². The van der Waals surface area contributed by atoms with Gasteiger partial charge in [0, 0.05) is 37.7 Å². The van der Waals surface area contributed by atoms with E-state index in [2.05, 4.69) is 20.6 Å². The number of hydrogen-bond donors (Lipinski definition) is 2. The molecule has 2 N–H and O–H groups in total. The summed E-state index contributed by atoms with van der Waals surface area (Å²) in [6, 6.07) is 7.50. The monoisotopic (exact) mass is 411 g/mol. The Morgan fingerprint density at radius 1 is 1.33 bits per heavy atom. The zero-order valence-corrected chi connectivity index (χ0v) is 17.2. The Morgan fingerprint density at radius 3 is 2.81 bits per heavy atom. The molecule has 148 valence electrons. The van der Waals surface area contributed by atoms with E-state index in [1.165, 1.54) is 0 Å². The van der Waals surface area contributed by atoms with Crippen LogP contribution in [-0.2, 0) is 6.42 Å². The Hall–Kier alpha value is -1.60. The lowest BCUT2D eigenvalue weighted by molar-refractivity contribution is 0.0950. The molecule has 3 rings (SSSR count). The Kier molecular flexibility index (Phi) is 8.57. The molecule has 0 bridgehead atoms. The van der Waals surface area contributed by atoms with Gasteiger partial charge in [0.15, 0.2) is 0 Å². The molecule has 1 aliphatic rings. The van der Waals surface area contributed by atoms with Crippen LogP contribution in [0.15, 0.2) is 30.5 Å². The van der Waals surface area contributed by atoms with E-state index in [4.69, 9.17) is 11.6 Å². The van der Waals surface area contributed by atoms with Crippen molar-refractivity contribution in [2.24, 2.45) is 0 Å². The molecule has 1 fully saturated rings. The van der Waals surface area contributed by atoms with Crippen molar-refractivity contribution in [2.75, 3.05) is 39.3 Å². The lowest BCUT2D eigenvalue weighted by Gasteiger charge is -2.27. The van der Waals surface area contributed by atoms with Crippen LogP contribution in [-0.4, -0.2) is 59.9 Å². The Balaban J connectivity index is 0.00000261. The fourth-order valence-electron chi connectivity index (χ4n) is 3.27. The first-order valence-corrected chi connectivity index (χ1v) is 9.61. The molecule has 0 spiro atoms. The molecule has 2 heterocycles. The molecular weight excluding hydrogens is 385 g/mol. The Bertz CT molecular complexity index is 743. The smallest absolute Gasteiger partial charge is 0.254 e. The zero-order valence-electron chi connectivity index (χ0n) is 15.6. The number of amides is 1. The molecule has 1 saturated heterocycles. The van der Waals surface area contributed by atoms with E-state index >= 15 is 0 Å². The molecule has 8 heteroatoms. The van der Waals surface area contributed by atoms with Gasteiger partial charge in [0.1, 0.15) is 0 Å². The van der Waals surface area contributed by atoms with Crippen LogP contribution in [0.25, 0.3) is 5.69 Å². The third kappa shape index (κ3) is 5.69. The molecular formula is C19H27Cl2N5O. The highest BCUT2D eigenvalue weighted by atomic mass is 35.5. The highest BCUT2D eigenvalue weighted by molar-refractivity contribution is 6.30. The Labute approximate surface area is 171 Å². The van der Waals surface area contributed by atoms with Gasteiger partial charge in [-0.05, 0) is 37.6 Å². The number of nitrogens with zero attached hydrogens (tertiary/aromatic N) is 3. The van der Waals surface area contributed by atoms with E-state index in [-0.39, 0.29) is 18.3 Å². The van der Waals surface area contributed by atoms with Crippen molar-refractivity contribution in [1.29, 1.82) is 0 Å². The van der Waals surface area contributed by atoms with Gasteiger partial charge in [0.05, 0.1) is 23.1 Å². The first-order valence-electron chi connectivity index (χ1n) is 9.23. The van der Waals surface area contributed by atoms with Crippen LogP contribution < -0.4 is 10.6 Å². The van der Waals surface area contributed by atoms with Crippen molar-refractivity contribution < 1.29 is 4.79 Å². The average Bonchev–Trinajstić information content (AvgIpc) is 3.10. The number of piperazine rings is 1. The van der Waals surface area contributed by atoms with E-state index in [0.717, 1.165) is 56.9 Å². The maximum atomic E-state index is 12.6. The second kappa shape index (κ2) is 10.7. The minimum absolute atomic E-state index is 0. The zero-order chi connectivity index (χ0) is 18.4. The number of halogens is 2. The van der Waals surface area contributed by atoms with Gasteiger partial charge < -0.3 is 15.5 Å². The lowest BCUT2D eigenvalue weighted by Crippen LogP contribution is -2.44. The van der Waals surface area contributed by atoms with Crippen LogP contribution in [0, 0.1) is 0 Å². The third-order valence-corrected chi connectivity index (χ3v) is 4.88. The molecule has 0 radical (unpaired) electrons. The normalized spacial score (nSPS) is 14.6. The number of benzene rings is 1. The standard InChI is InChI=1S/C19H26ClN5O.ClH/c1-2-18-17(14-23-25(18)16-6-3-5-15(20)13-16)19(26)22-7-4-10-24-11-8-21-9-12-24;/h3,5-6,13-14,21H,2,4,7-12H2,1H3,(H,22,26);1H. The van der Waals surface area contributed by atoms with E-state index in [1.54, 1.807) is 10.9 Å². The molecule has 0 atom stereocenters. The quantitative estimate of drug-likeness (QED) is 0.687. The fourth-order valence-corrected chi connectivity index (χ4v) is 3.45. The molecule has 1 aromatic heterocycles. The van der Waals surface area contributed by atoms with Crippen LogP contribution >= 0.6 is 24.0 Å². The molecule has 1 aromatic carbocycles. The second-order valence-electron chi connectivity index (χ2n) is 6.45. The average molecular weight is 412 g/mol. The molecule has 27 heavy (non-hydrogen) atoms. The number of rotatable bonds is 7. The summed E-state index contributed by atoms with van der Waals surface area (Å²) in [5.74, 6) is -0.0598. The van der Waals surface area contributed by atoms with Crippen LogP contribution in [0.2, 0.25) is 5.02 Å². The minimum Gasteiger partial charge on any atom is -0.352 e. The molecule has 1 aliphatic heterocycles. The molecule has 0 aliphatic carbocycles. The van der Waals surface area contributed by atoms with Crippen molar-refractivity contribution in [2.45, 2.75) is 19.8 Å². The fraction of sp³-hybridized carbons (Fsp3) is 0.474. The molecule has 0 saturated carbocycles. The first kappa shape index (κ1) is 21.7. The van der Waals surface area contributed by atoms with Crippen LogP contribution in [0.5, 0.6) is 0 Å². The van der Waals surface area contributed by atoms with Gasteiger partial charge in [-0.2, -0.15) is 5.10 Å². The van der Waals surface area contributed by atoms with Gasteiger partial charge in [-0.15, -0.1) is 12.4 Å². The van der Waals surface area contributed by atoms with Gasteiger partial charge in [0.25, 0.3) is 5.91 Å². The maximum Gasteiger partial charge on any atom is 0.254 e. The number of carbonyl (C=O) groups excluding carboxylic acids is 1. The topological polar surface area (TPSA) is 62.2 Å². The predicted molar refractivity (Wildman–Crippen MR) is 111 cm³/mol. The van der Waals surface area contributed by atoms with E-state index in [9.17, 15) is 4.79 Å². The Morgan fingerprint density at radius 2 is 2.11 bits per heavy atom. The number of carbonyl (C=O) groups is 1. The summed E-state index contributed by atoms with van der Waals surface area (Å²) in [6.45, 7) is 7.99. The van der Waals surface area contributed by atoms with Crippen molar-refractivity contribution in [3.63, 3.8) is 0 Å². The number of hydrogen-bond acceptors (Lipinski definition) is 4. The summed E-state index contributed by atoms with van der Waals surface area (Å²) in [7, 11) is 0. The molecule has 0 unspecified atom stereocenters. The maximum absolute atomic E-state index is 12.6. The van der Waals surface area contributed by atoms with Crippen molar-refractivity contribution in [3.05, 3.63) is 46.7 Å². The summed E-state index contributed by atoms with van der Waals surface area (Å²) < 4.78 is 1.79. The number of aromatic nitrogens is 2. The van der Waals surface area contributed by atoms with E-state index in [0.29, 0.717) is 17.1 Å². The highest BCUT2D eigenvalue weighted by Crippen LogP contribution is 2.19. The molecule has 1 amide bonds. The van der Waals surface area contributed by atoms with Crippen LogP contribution in [0.3, 0.4) is 0 Å². The van der Waals surface area contributed by atoms with Gasteiger partial charge in [-0.1, -0.05) is 24.6 Å². The summed E-state index contributed by atoms with van der Waals surface area (Å²) in [4.78, 5) is 15.0. The molecule has 2 aromatic rings. The highest BCUT2D eigenvalue weighted by Gasteiger charge is 2.17. The van der Waals surface area contributed by atoms with Crippen molar-refractivity contribution >= 4 is 29.9 Å². The predicted octanol–water partition coefficient (Wildman–Crippen LogP) is 2.54. The van der Waals surface area contributed by atoms with Gasteiger partial charge >= 0.3 is 0 Å². The van der Waals surface area contributed by atoms with Gasteiger partial charge in [0.2, 0.25) is 0 Å². The summed E-state index contributed by atoms with van der Waals surface area (Å²) in [5, 5.41) is 11.4. The number of nitrogens with one attached hydrogen (secondary N) is 2. The largest absolute Gasteiger partial charge is 0.352 e. The SMILES string of the molecule is CCc1c(C(=O)NCCCN2CCNCC2)cnn1-c1cccc(Cl)c1.Cl. The van der Waals surface area contributed by atoms with Crippen LogP contribution in [0.1, 0.15) is 29.4 Å². The van der Waals surface area contributed by atoms with Crippen molar-refractivity contribution in [3.8, 4) is 5.69 Å². The van der Waals surface area contributed by atoms with E-state index in [1.807, 2.05) is 31.2 Å². The summed E-state index contributed by atoms with van der Waals surface area (Å²) in [6.07, 6.45) is 3.32. The van der Waals surface area contributed by atoms with Crippen molar-refractivity contribution in [1.82, 2.24) is 25.3 Å².